The molecule has 0 fully saturated rings. The number of nitrogens with one attached hydrogen (secondary N) is 1. The zero-order chi connectivity index (χ0) is 27.6. The summed E-state index contributed by atoms with van der Waals surface area (Å²) in [5, 5.41) is 5.94. The van der Waals surface area contributed by atoms with Crippen LogP contribution in [0, 0.1) is 18.8 Å². The van der Waals surface area contributed by atoms with Gasteiger partial charge in [-0.3, -0.25) is 9.58 Å². The second kappa shape index (κ2) is 11.2. The second-order valence-corrected chi connectivity index (χ2v) is 10.9. The van der Waals surface area contributed by atoms with E-state index in [1.807, 2.05) is 60.4 Å². The van der Waals surface area contributed by atoms with E-state index in [0.29, 0.717) is 23.9 Å². The Labute approximate surface area is 238 Å². The average molecular weight is 558 g/mol. The fourth-order valence-corrected chi connectivity index (χ4v) is 5.89. The highest BCUT2D eigenvalue weighted by Gasteiger charge is 2.41. The number of nitrogens with zero attached hydrogens (tertiary/aromatic N) is 4. The second-order valence-electron chi connectivity index (χ2n) is 10.5. The van der Waals surface area contributed by atoms with Crippen molar-refractivity contribution in [1.29, 1.82) is 0 Å². The van der Waals surface area contributed by atoms with Gasteiger partial charge in [-0.2, -0.15) is 5.10 Å². The Morgan fingerprint density at radius 1 is 1.20 bits per heavy atom. The average Bonchev–Trinajstić information content (AvgIpc) is 3.60. The molecule has 3 heterocycles. The number of aromatic nitrogens is 4. The summed E-state index contributed by atoms with van der Waals surface area (Å²) in [7, 11) is 0. The predicted molar refractivity (Wildman–Crippen MR) is 154 cm³/mol. The zero-order valence-corrected chi connectivity index (χ0v) is 23.3. The number of amides is 1. The van der Waals surface area contributed by atoms with Gasteiger partial charge in [-0.15, -0.1) is 0 Å². The van der Waals surface area contributed by atoms with Crippen molar-refractivity contribution in [2.45, 2.75) is 39.3 Å². The largest absolute Gasteiger partial charge is 0.494 e. The number of carbonyl (C=O) groups is 1. The van der Waals surface area contributed by atoms with Crippen LogP contribution >= 0.6 is 11.6 Å². The molecule has 2 aromatic carbocycles. The summed E-state index contributed by atoms with van der Waals surface area (Å²) in [6.07, 6.45) is 10.8. The molecule has 0 saturated heterocycles. The molecule has 6 rings (SSSR count). The van der Waals surface area contributed by atoms with E-state index in [1.54, 1.807) is 11.0 Å². The molecule has 0 saturated carbocycles. The topological polar surface area (TPSA) is 85.3 Å². The van der Waals surface area contributed by atoms with Crippen LogP contribution in [0.25, 0.3) is 10.9 Å². The molecule has 2 aromatic heterocycles. The third-order valence-corrected chi connectivity index (χ3v) is 7.98. The monoisotopic (exact) mass is 557 g/mol. The van der Waals surface area contributed by atoms with Crippen LogP contribution in [0.15, 0.2) is 79.1 Å². The third-order valence-electron chi connectivity index (χ3n) is 7.74. The summed E-state index contributed by atoms with van der Waals surface area (Å²) in [4.78, 5) is 23.1. The molecule has 1 aliphatic carbocycles. The lowest BCUT2D eigenvalue weighted by Crippen LogP contribution is -2.45. The minimum Gasteiger partial charge on any atom is -0.494 e. The van der Waals surface area contributed by atoms with Gasteiger partial charge in [0, 0.05) is 47.0 Å². The summed E-state index contributed by atoms with van der Waals surface area (Å²) in [6, 6.07) is 13.2. The quantitative estimate of drug-likeness (QED) is 0.258. The molecule has 2 aliphatic rings. The fourth-order valence-electron chi connectivity index (χ4n) is 5.72. The smallest absolute Gasteiger partial charge is 0.415 e. The third kappa shape index (κ3) is 5.36. The van der Waals surface area contributed by atoms with Crippen molar-refractivity contribution >= 4 is 28.6 Å². The van der Waals surface area contributed by atoms with E-state index in [9.17, 15) is 4.79 Å². The Morgan fingerprint density at radius 2 is 2.05 bits per heavy atom. The number of carbonyl (C=O) groups excluding carboxylic acids is 1. The molecule has 9 heteroatoms. The molecule has 1 aliphatic heterocycles. The normalized spacial score (nSPS) is 20.3. The van der Waals surface area contributed by atoms with Crippen LogP contribution < -0.4 is 4.74 Å². The number of ether oxygens (including phenoxy) is 2. The Morgan fingerprint density at radius 3 is 2.83 bits per heavy atom. The number of halogens is 1. The summed E-state index contributed by atoms with van der Waals surface area (Å²) in [5.41, 5.74) is 4.38. The van der Waals surface area contributed by atoms with Gasteiger partial charge < -0.3 is 14.5 Å². The Hall–Kier alpha value is -4.04. The lowest BCUT2D eigenvalue weighted by atomic mass is 9.79. The van der Waals surface area contributed by atoms with Crippen LogP contribution in [0.1, 0.15) is 36.2 Å². The molecule has 8 nitrogen and oxygen atoms in total. The van der Waals surface area contributed by atoms with Gasteiger partial charge >= 0.3 is 6.09 Å². The summed E-state index contributed by atoms with van der Waals surface area (Å²) >= 11 is 6.36. The zero-order valence-electron chi connectivity index (χ0n) is 22.6. The molecular weight excluding hydrogens is 526 g/mol. The van der Waals surface area contributed by atoms with Crippen molar-refractivity contribution in [1.82, 2.24) is 24.6 Å². The maximum Gasteiger partial charge on any atom is 0.415 e. The highest BCUT2D eigenvalue weighted by molar-refractivity contribution is 6.31. The first kappa shape index (κ1) is 26.2. The van der Waals surface area contributed by atoms with E-state index in [-0.39, 0.29) is 24.0 Å². The Balaban J connectivity index is 1.25. The van der Waals surface area contributed by atoms with Crippen molar-refractivity contribution in [3.63, 3.8) is 0 Å². The minimum absolute atomic E-state index is 0.0238. The molecular formula is C31H32ClN5O3. The molecule has 3 atom stereocenters. The minimum atomic E-state index is -0.351. The molecule has 206 valence electrons. The van der Waals surface area contributed by atoms with Crippen molar-refractivity contribution in [2.24, 2.45) is 11.8 Å². The Bertz CT molecular complexity index is 1560. The lowest BCUT2D eigenvalue weighted by molar-refractivity contribution is 0.103. The highest BCUT2D eigenvalue weighted by atomic mass is 35.5. The van der Waals surface area contributed by atoms with Crippen LogP contribution in [0.2, 0.25) is 5.02 Å². The lowest BCUT2D eigenvalue weighted by Gasteiger charge is -2.41. The number of benzene rings is 2. The molecule has 1 amide bonds. The highest BCUT2D eigenvalue weighted by Crippen LogP contribution is 2.44. The van der Waals surface area contributed by atoms with Gasteiger partial charge in [0.2, 0.25) is 0 Å². The number of hydrogen-bond acceptors (Lipinski definition) is 5. The van der Waals surface area contributed by atoms with Crippen LogP contribution in [-0.4, -0.2) is 43.9 Å². The first-order chi connectivity index (χ1) is 19.5. The van der Waals surface area contributed by atoms with Crippen molar-refractivity contribution < 1.29 is 14.3 Å². The van der Waals surface area contributed by atoms with Gasteiger partial charge in [0.15, 0.2) is 0 Å². The molecule has 0 radical (unpaired) electrons. The number of rotatable bonds is 7. The van der Waals surface area contributed by atoms with E-state index in [2.05, 4.69) is 34.1 Å². The van der Waals surface area contributed by atoms with Crippen LogP contribution in [0.3, 0.4) is 0 Å². The number of fused-ring (bicyclic) bond motifs is 3. The maximum absolute atomic E-state index is 13.6. The molecule has 0 bridgehead atoms. The molecule has 1 N–H and O–H groups in total. The van der Waals surface area contributed by atoms with E-state index in [4.69, 9.17) is 21.1 Å². The molecule has 0 spiro atoms. The molecule has 2 unspecified atom stereocenters. The van der Waals surface area contributed by atoms with E-state index >= 15 is 0 Å². The maximum atomic E-state index is 13.6. The predicted octanol–water partition coefficient (Wildman–Crippen LogP) is 6.63. The van der Waals surface area contributed by atoms with Crippen LogP contribution in [0.5, 0.6) is 5.75 Å². The molecule has 4 aromatic rings. The number of hydrogen-bond donors (Lipinski definition) is 1. The number of aryl methyl sites for hydroxylation is 2. The summed E-state index contributed by atoms with van der Waals surface area (Å²) in [6.45, 7) is 6.06. The van der Waals surface area contributed by atoms with E-state index < -0.39 is 0 Å². The number of allylic oxidation sites excluding steroid dienone is 2. The first-order valence-electron chi connectivity index (χ1n) is 13.7. The van der Waals surface area contributed by atoms with E-state index in [0.717, 1.165) is 47.3 Å². The Kier molecular flexibility index (Phi) is 7.34. The number of aromatic amines is 1. The van der Waals surface area contributed by atoms with Gasteiger partial charge in [-0.25, -0.2) is 9.78 Å². The SMILES string of the molecule is Cc1ccc(OC(=O)N2CCc3c([nH]c4ccc(Cl)cc34)[C@@H]2C2C=CC(OCCCn3cncn3)=CC2C)cc1. The van der Waals surface area contributed by atoms with Gasteiger partial charge in [0.1, 0.15) is 24.2 Å². The first-order valence-corrected chi connectivity index (χ1v) is 14.0. The van der Waals surface area contributed by atoms with Gasteiger partial charge in [-0.1, -0.05) is 42.3 Å². The number of H-pyrrole nitrogens is 1. The van der Waals surface area contributed by atoms with Crippen LogP contribution in [0.4, 0.5) is 4.79 Å². The van der Waals surface area contributed by atoms with Crippen molar-refractivity contribution in [3.8, 4) is 5.75 Å². The summed E-state index contributed by atoms with van der Waals surface area (Å²) in [5.74, 6) is 1.53. The molecule has 40 heavy (non-hydrogen) atoms. The van der Waals surface area contributed by atoms with Crippen molar-refractivity contribution in [3.05, 3.63) is 101 Å². The van der Waals surface area contributed by atoms with Crippen LogP contribution in [-0.2, 0) is 17.7 Å². The van der Waals surface area contributed by atoms with Gasteiger partial charge in [0.25, 0.3) is 0 Å². The summed E-state index contributed by atoms with van der Waals surface area (Å²) < 4.78 is 13.7. The van der Waals surface area contributed by atoms with Gasteiger partial charge in [0.05, 0.1) is 12.6 Å². The van der Waals surface area contributed by atoms with E-state index in [1.165, 1.54) is 11.9 Å². The standard InChI is InChI=1S/C31H32ClN5O3/c1-20-4-7-23(8-5-20)40-31(38)37-14-12-26-27-17-22(32)6-11-28(27)35-29(26)30(37)25-10-9-24(16-21(25)2)39-15-3-13-36-19-33-18-34-36/h4-11,16-19,21,25,30,35H,3,12-15H2,1-2H3/t21?,25?,30-/m0/s1. The van der Waals surface area contributed by atoms with Crippen molar-refractivity contribution in [2.75, 3.05) is 13.2 Å². The fraction of sp³-hybridized carbons (Fsp3) is 0.323. The van der Waals surface area contributed by atoms with Gasteiger partial charge in [-0.05, 0) is 67.3 Å².